The minimum absolute atomic E-state index is 0.0149. The first-order chi connectivity index (χ1) is 8.43. The van der Waals surface area contributed by atoms with Crippen LogP contribution in [0.1, 0.15) is 18.9 Å². The molecule has 0 saturated carbocycles. The molecule has 0 amide bonds. The summed E-state index contributed by atoms with van der Waals surface area (Å²) in [5.74, 6) is -0.338. The van der Waals surface area contributed by atoms with E-state index in [0.29, 0.717) is 18.5 Å². The maximum atomic E-state index is 13.2. The summed E-state index contributed by atoms with van der Waals surface area (Å²) in [4.78, 5) is 0.0149. The number of benzene rings is 1. The van der Waals surface area contributed by atoms with E-state index in [9.17, 15) is 12.8 Å². The number of halogens is 2. The summed E-state index contributed by atoms with van der Waals surface area (Å²) in [6.45, 7) is 4.14. The molecule has 0 spiro atoms. The van der Waals surface area contributed by atoms with Crippen molar-refractivity contribution >= 4 is 21.6 Å². The largest absolute Gasteiger partial charge is 0.243 e. The number of alkyl halides is 1. The van der Waals surface area contributed by atoms with Gasteiger partial charge in [0.05, 0.1) is 4.90 Å². The van der Waals surface area contributed by atoms with Gasteiger partial charge in [-0.1, -0.05) is 13.0 Å². The van der Waals surface area contributed by atoms with Crippen molar-refractivity contribution in [2.45, 2.75) is 25.2 Å². The molecule has 0 bridgehead atoms. The van der Waals surface area contributed by atoms with E-state index >= 15 is 0 Å². The Labute approximate surface area is 113 Å². The molecule has 0 aliphatic rings. The molecule has 0 unspecified atom stereocenters. The Bertz CT molecular complexity index is 499. The maximum Gasteiger partial charge on any atom is 0.243 e. The number of hydrogen-bond acceptors (Lipinski definition) is 2. The fourth-order valence-electron chi connectivity index (χ4n) is 1.69. The third-order valence-electron chi connectivity index (χ3n) is 2.57. The van der Waals surface area contributed by atoms with Crippen LogP contribution < -0.4 is 0 Å². The lowest BCUT2D eigenvalue weighted by Crippen LogP contribution is -2.34. The average molecular weight is 294 g/mol. The molecule has 0 aromatic heterocycles. The second-order valence-corrected chi connectivity index (χ2v) is 6.29. The quantitative estimate of drug-likeness (QED) is 0.756. The molecule has 1 rings (SSSR count). The topological polar surface area (TPSA) is 37.4 Å². The third kappa shape index (κ3) is 3.43. The fraction of sp³-hybridized carbons (Fsp3) is 0.500. The van der Waals surface area contributed by atoms with Gasteiger partial charge in [0.2, 0.25) is 10.0 Å². The molecule has 6 heteroatoms. The molecule has 0 fully saturated rings. The number of aryl methyl sites for hydroxylation is 1. The van der Waals surface area contributed by atoms with Gasteiger partial charge in [-0.25, -0.2) is 12.8 Å². The molecule has 0 heterocycles. The third-order valence-corrected chi connectivity index (χ3v) is 4.78. The molecule has 0 atom stereocenters. The molecule has 102 valence electrons. The van der Waals surface area contributed by atoms with E-state index in [1.807, 2.05) is 6.92 Å². The fourth-order valence-corrected chi connectivity index (χ4v) is 3.76. The zero-order valence-electron chi connectivity index (χ0n) is 10.5. The average Bonchev–Trinajstić information content (AvgIpc) is 2.32. The van der Waals surface area contributed by atoms with E-state index in [-0.39, 0.29) is 17.3 Å². The van der Waals surface area contributed by atoms with Crippen molar-refractivity contribution in [3.63, 3.8) is 0 Å². The lowest BCUT2D eigenvalue weighted by Gasteiger charge is -2.21. The van der Waals surface area contributed by atoms with E-state index < -0.39 is 15.8 Å². The number of rotatable bonds is 6. The van der Waals surface area contributed by atoms with Gasteiger partial charge < -0.3 is 0 Å². The van der Waals surface area contributed by atoms with Crippen LogP contribution in [0.5, 0.6) is 0 Å². The van der Waals surface area contributed by atoms with Gasteiger partial charge >= 0.3 is 0 Å². The predicted molar refractivity (Wildman–Crippen MR) is 70.9 cm³/mol. The van der Waals surface area contributed by atoms with Crippen molar-refractivity contribution in [1.82, 2.24) is 4.31 Å². The van der Waals surface area contributed by atoms with E-state index in [1.165, 1.54) is 16.4 Å². The molecule has 1 aromatic rings. The summed E-state index contributed by atoms with van der Waals surface area (Å²) in [7, 11) is -3.67. The van der Waals surface area contributed by atoms with Gasteiger partial charge in [0, 0.05) is 19.0 Å². The Morgan fingerprint density at radius 1 is 1.33 bits per heavy atom. The molecule has 0 aliphatic carbocycles. The van der Waals surface area contributed by atoms with E-state index in [4.69, 9.17) is 11.6 Å². The van der Waals surface area contributed by atoms with Gasteiger partial charge in [-0.2, -0.15) is 4.31 Å². The highest BCUT2D eigenvalue weighted by atomic mass is 35.5. The predicted octanol–water partition coefficient (Wildman–Crippen LogP) is 2.77. The zero-order valence-corrected chi connectivity index (χ0v) is 12.1. The number of nitrogens with zero attached hydrogens (tertiary/aromatic N) is 1. The van der Waals surface area contributed by atoms with E-state index in [0.717, 1.165) is 6.07 Å². The summed E-state index contributed by atoms with van der Waals surface area (Å²) in [6, 6.07) is 3.77. The molecule has 18 heavy (non-hydrogen) atoms. The van der Waals surface area contributed by atoms with Crippen LogP contribution >= 0.6 is 11.6 Å². The summed E-state index contributed by atoms with van der Waals surface area (Å²) in [5.41, 5.74) is 0.534. The molecule has 1 aromatic carbocycles. The van der Waals surface area contributed by atoms with Gasteiger partial charge in [0.25, 0.3) is 0 Å². The standard InChI is InChI=1S/C12H17ClFNO2S/c1-3-7-15(8-6-13)18(16,17)12-9-11(14)5-4-10(12)2/h4-5,9H,3,6-8H2,1-2H3. The van der Waals surface area contributed by atoms with Gasteiger partial charge in [0.15, 0.2) is 0 Å². The van der Waals surface area contributed by atoms with Crippen molar-refractivity contribution < 1.29 is 12.8 Å². The van der Waals surface area contributed by atoms with Crippen LogP contribution in [0.25, 0.3) is 0 Å². The molecule has 0 radical (unpaired) electrons. The lowest BCUT2D eigenvalue weighted by molar-refractivity contribution is 0.428. The first kappa shape index (κ1) is 15.4. The van der Waals surface area contributed by atoms with Crippen LogP contribution in [-0.4, -0.2) is 31.7 Å². The number of sulfonamides is 1. The molecule has 0 N–H and O–H groups in total. The van der Waals surface area contributed by atoms with Gasteiger partial charge in [-0.15, -0.1) is 11.6 Å². The van der Waals surface area contributed by atoms with Gasteiger partial charge in [0.1, 0.15) is 5.82 Å². The highest BCUT2D eigenvalue weighted by molar-refractivity contribution is 7.89. The van der Waals surface area contributed by atoms with Crippen LogP contribution in [0.3, 0.4) is 0 Å². The summed E-state index contributed by atoms with van der Waals surface area (Å²) in [5, 5.41) is 0. The van der Waals surface area contributed by atoms with Crippen molar-refractivity contribution in [1.29, 1.82) is 0 Å². The maximum absolute atomic E-state index is 13.2. The zero-order chi connectivity index (χ0) is 13.8. The Morgan fingerprint density at radius 3 is 2.56 bits per heavy atom. The van der Waals surface area contributed by atoms with Gasteiger partial charge in [-0.05, 0) is 31.0 Å². The van der Waals surface area contributed by atoms with Gasteiger partial charge in [-0.3, -0.25) is 0 Å². The molecule has 0 aliphatic heterocycles. The van der Waals surface area contributed by atoms with E-state index in [2.05, 4.69) is 0 Å². The first-order valence-electron chi connectivity index (χ1n) is 5.75. The highest BCUT2D eigenvalue weighted by Crippen LogP contribution is 2.21. The monoisotopic (exact) mass is 293 g/mol. The highest BCUT2D eigenvalue weighted by Gasteiger charge is 2.25. The summed E-state index contributed by atoms with van der Waals surface area (Å²) >= 11 is 5.62. The molecule has 3 nitrogen and oxygen atoms in total. The van der Waals surface area contributed by atoms with Crippen LogP contribution in [0.15, 0.2) is 23.1 Å². The normalized spacial score (nSPS) is 12.1. The van der Waals surface area contributed by atoms with Crippen molar-refractivity contribution in [3.05, 3.63) is 29.6 Å². The summed E-state index contributed by atoms with van der Waals surface area (Å²) in [6.07, 6.45) is 0.685. The van der Waals surface area contributed by atoms with Crippen molar-refractivity contribution in [3.8, 4) is 0 Å². The molecule has 0 saturated heterocycles. The van der Waals surface area contributed by atoms with Crippen LogP contribution in [0, 0.1) is 12.7 Å². The van der Waals surface area contributed by atoms with Crippen molar-refractivity contribution in [2.75, 3.05) is 19.0 Å². The first-order valence-corrected chi connectivity index (χ1v) is 7.73. The number of hydrogen-bond donors (Lipinski definition) is 0. The Balaban J connectivity index is 3.21. The molecular weight excluding hydrogens is 277 g/mol. The van der Waals surface area contributed by atoms with E-state index in [1.54, 1.807) is 6.92 Å². The summed E-state index contributed by atoms with van der Waals surface area (Å²) < 4.78 is 39.3. The second-order valence-electron chi connectivity index (χ2n) is 4.00. The lowest BCUT2D eigenvalue weighted by atomic mass is 10.2. The smallest absolute Gasteiger partial charge is 0.207 e. The van der Waals surface area contributed by atoms with Crippen LogP contribution in [-0.2, 0) is 10.0 Å². The van der Waals surface area contributed by atoms with Crippen molar-refractivity contribution in [2.24, 2.45) is 0 Å². The Hall–Kier alpha value is -0.650. The van der Waals surface area contributed by atoms with Crippen LogP contribution in [0.4, 0.5) is 4.39 Å². The second kappa shape index (κ2) is 6.50. The van der Waals surface area contributed by atoms with Crippen LogP contribution in [0.2, 0.25) is 0 Å². The SMILES string of the molecule is CCCN(CCCl)S(=O)(=O)c1cc(F)ccc1C. The Morgan fingerprint density at radius 2 is 2.00 bits per heavy atom. The Kier molecular flexibility index (Phi) is 5.56. The minimum Gasteiger partial charge on any atom is -0.207 e. The minimum atomic E-state index is -3.67. The molecular formula is C12H17ClFNO2S.